The molecule has 1 amide bonds. The highest BCUT2D eigenvalue weighted by molar-refractivity contribution is 5.95. The second-order valence-corrected chi connectivity index (χ2v) is 7.58. The van der Waals surface area contributed by atoms with Crippen LogP contribution in [0.1, 0.15) is 34.2 Å². The zero-order valence-corrected chi connectivity index (χ0v) is 17.7. The number of hydrogen-bond acceptors (Lipinski definition) is 3. The summed E-state index contributed by atoms with van der Waals surface area (Å²) in [5, 5.41) is 3.23. The highest BCUT2D eigenvalue weighted by Crippen LogP contribution is 2.29. The molecule has 1 aromatic heterocycles. The molecular weight excluding hydrogens is 386 g/mol. The van der Waals surface area contributed by atoms with Crippen LogP contribution in [-0.2, 0) is 19.2 Å². The van der Waals surface area contributed by atoms with E-state index < -0.39 is 5.54 Å². The van der Waals surface area contributed by atoms with Crippen molar-refractivity contribution >= 4 is 5.91 Å². The summed E-state index contributed by atoms with van der Waals surface area (Å²) >= 11 is 0. The first-order valence-electron chi connectivity index (χ1n) is 10.2. The van der Waals surface area contributed by atoms with E-state index in [1.165, 1.54) is 0 Å². The fourth-order valence-electron chi connectivity index (χ4n) is 3.54. The molecule has 5 nitrogen and oxygen atoms in total. The lowest BCUT2D eigenvalue weighted by Gasteiger charge is -2.32. The number of imidazole rings is 1. The normalized spacial score (nSPS) is 11.2. The Hall–Kier alpha value is -3.86. The number of carbonyl (C=O) groups is 1. The standard InChI is InChI=1S/C26H25N3O2/c1-26(21-9-5-3-6-10-21,22-11-7-4-8-12-22)28-25(30)20-13-15-23(16-14-20)31-19-24-27-17-18-29(24)2/h3-18H,19H2,1-2H3,(H,28,30). The van der Waals surface area contributed by atoms with Gasteiger partial charge >= 0.3 is 0 Å². The van der Waals surface area contributed by atoms with Crippen LogP contribution in [0, 0.1) is 0 Å². The zero-order valence-electron chi connectivity index (χ0n) is 17.7. The minimum absolute atomic E-state index is 0.147. The van der Waals surface area contributed by atoms with Crippen molar-refractivity contribution in [2.75, 3.05) is 0 Å². The molecule has 0 aliphatic carbocycles. The van der Waals surface area contributed by atoms with E-state index >= 15 is 0 Å². The molecule has 0 atom stereocenters. The second kappa shape index (κ2) is 8.88. The van der Waals surface area contributed by atoms with Crippen LogP contribution in [0.3, 0.4) is 0 Å². The van der Waals surface area contributed by atoms with Gasteiger partial charge in [0.05, 0.1) is 5.54 Å². The van der Waals surface area contributed by atoms with Gasteiger partial charge in [0.2, 0.25) is 0 Å². The number of benzene rings is 3. The molecule has 0 saturated carbocycles. The molecule has 3 aromatic carbocycles. The molecule has 4 aromatic rings. The fourth-order valence-corrected chi connectivity index (χ4v) is 3.54. The molecule has 0 saturated heterocycles. The lowest BCUT2D eigenvalue weighted by atomic mass is 9.84. The minimum Gasteiger partial charge on any atom is -0.486 e. The average molecular weight is 412 g/mol. The second-order valence-electron chi connectivity index (χ2n) is 7.58. The van der Waals surface area contributed by atoms with Gasteiger partial charge in [-0.3, -0.25) is 4.79 Å². The van der Waals surface area contributed by atoms with Gasteiger partial charge < -0.3 is 14.6 Å². The van der Waals surface area contributed by atoms with Crippen LogP contribution in [0.5, 0.6) is 5.75 Å². The van der Waals surface area contributed by atoms with E-state index in [2.05, 4.69) is 10.3 Å². The first kappa shape index (κ1) is 20.4. The monoisotopic (exact) mass is 411 g/mol. The van der Waals surface area contributed by atoms with Crippen molar-refractivity contribution in [1.82, 2.24) is 14.9 Å². The summed E-state index contributed by atoms with van der Waals surface area (Å²) in [6.07, 6.45) is 3.62. The third-order valence-corrected chi connectivity index (χ3v) is 5.47. The molecular formula is C26H25N3O2. The Labute approximate surface area is 182 Å². The van der Waals surface area contributed by atoms with Crippen molar-refractivity contribution in [2.24, 2.45) is 7.05 Å². The molecule has 1 N–H and O–H groups in total. The van der Waals surface area contributed by atoms with Crippen molar-refractivity contribution in [3.63, 3.8) is 0 Å². The summed E-state index contributed by atoms with van der Waals surface area (Å²) in [6, 6.07) is 27.2. The van der Waals surface area contributed by atoms with Crippen molar-refractivity contribution in [1.29, 1.82) is 0 Å². The van der Waals surface area contributed by atoms with Crippen LogP contribution in [0.2, 0.25) is 0 Å². The molecule has 1 heterocycles. The summed E-state index contributed by atoms with van der Waals surface area (Å²) in [5.41, 5.74) is 1.95. The van der Waals surface area contributed by atoms with Crippen LogP contribution in [0.4, 0.5) is 0 Å². The Morgan fingerprint density at radius 3 is 2.03 bits per heavy atom. The smallest absolute Gasteiger partial charge is 0.252 e. The third-order valence-electron chi connectivity index (χ3n) is 5.47. The highest BCUT2D eigenvalue weighted by atomic mass is 16.5. The summed E-state index contributed by atoms with van der Waals surface area (Å²) in [5.74, 6) is 1.38. The molecule has 156 valence electrons. The van der Waals surface area contributed by atoms with Gasteiger partial charge in [-0.05, 0) is 42.3 Å². The SMILES string of the molecule is Cn1ccnc1COc1ccc(C(=O)NC(C)(c2ccccc2)c2ccccc2)cc1. The largest absolute Gasteiger partial charge is 0.486 e. The van der Waals surface area contributed by atoms with Crippen molar-refractivity contribution in [3.05, 3.63) is 120 Å². The van der Waals surface area contributed by atoms with Crippen LogP contribution in [0.25, 0.3) is 0 Å². The first-order chi connectivity index (χ1) is 15.1. The maximum absolute atomic E-state index is 13.1. The Balaban J connectivity index is 1.52. The van der Waals surface area contributed by atoms with Crippen molar-refractivity contribution in [3.8, 4) is 5.75 Å². The highest BCUT2D eigenvalue weighted by Gasteiger charge is 2.30. The summed E-state index contributed by atoms with van der Waals surface area (Å²) in [7, 11) is 1.93. The van der Waals surface area contributed by atoms with Gasteiger partial charge in [0, 0.05) is 25.0 Å². The molecule has 0 spiro atoms. The van der Waals surface area contributed by atoms with Crippen molar-refractivity contribution in [2.45, 2.75) is 19.1 Å². The van der Waals surface area contributed by atoms with Crippen LogP contribution < -0.4 is 10.1 Å². The van der Waals surface area contributed by atoms with E-state index in [1.807, 2.05) is 85.4 Å². The molecule has 0 fully saturated rings. The average Bonchev–Trinajstić information content (AvgIpc) is 3.23. The summed E-state index contributed by atoms with van der Waals surface area (Å²) in [4.78, 5) is 17.4. The van der Waals surface area contributed by atoms with E-state index in [0.29, 0.717) is 17.9 Å². The maximum Gasteiger partial charge on any atom is 0.252 e. The van der Waals surface area contributed by atoms with Gasteiger partial charge in [-0.15, -0.1) is 0 Å². The number of nitrogens with one attached hydrogen (secondary N) is 1. The summed E-state index contributed by atoms with van der Waals surface area (Å²) in [6.45, 7) is 2.40. The van der Waals surface area contributed by atoms with Gasteiger partial charge in [-0.1, -0.05) is 60.7 Å². The van der Waals surface area contributed by atoms with E-state index in [9.17, 15) is 4.79 Å². The van der Waals surface area contributed by atoms with Gasteiger partial charge in [-0.2, -0.15) is 0 Å². The first-order valence-corrected chi connectivity index (χ1v) is 10.2. The molecule has 0 bridgehead atoms. The van der Waals surface area contributed by atoms with Crippen molar-refractivity contribution < 1.29 is 9.53 Å². The number of ether oxygens (including phenoxy) is 1. The predicted molar refractivity (Wildman–Crippen MR) is 121 cm³/mol. The van der Waals surface area contributed by atoms with Crippen LogP contribution >= 0.6 is 0 Å². The van der Waals surface area contributed by atoms with Gasteiger partial charge in [0.15, 0.2) is 0 Å². The number of hydrogen-bond donors (Lipinski definition) is 1. The van der Waals surface area contributed by atoms with E-state index in [1.54, 1.807) is 30.5 Å². The quantitative estimate of drug-likeness (QED) is 0.480. The number of aromatic nitrogens is 2. The number of amides is 1. The number of aryl methyl sites for hydroxylation is 1. The number of carbonyl (C=O) groups excluding carboxylic acids is 1. The van der Waals surface area contributed by atoms with E-state index in [4.69, 9.17) is 4.74 Å². The minimum atomic E-state index is -0.660. The molecule has 0 unspecified atom stereocenters. The van der Waals surface area contributed by atoms with Crippen LogP contribution in [-0.4, -0.2) is 15.5 Å². The topological polar surface area (TPSA) is 56.2 Å². The maximum atomic E-state index is 13.1. The number of rotatable bonds is 7. The molecule has 4 rings (SSSR count). The Kier molecular flexibility index (Phi) is 5.85. The Morgan fingerprint density at radius 2 is 1.52 bits per heavy atom. The van der Waals surface area contributed by atoms with E-state index in [0.717, 1.165) is 17.0 Å². The lowest BCUT2D eigenvalue weighted by Crippen LogP contribution is -2.44. The Bertz CT molecular complexity index is 1100. The lowest BCUT2D eigenvalue weighted by molar-refractivity contribution is 0.0919. The van der Waals surface area contributed by atoms with E-state index in [-0.39, 0.29) is 5.91 Å². The van der Waals surface area contributed by atoms with Crippen LogP contribution in [0.15, 0.2) is 97.3 Å². The molecule has 0 aliphatic heterocycles. The molecule has 5 heteroatoms. The molecule has 0 radical (unpaired) electrons. The van der Waals surface area contributed by atoms with Gasteiger partial charge in [-0.25, -0.2) is 4.98 Å². The fraction of sp³-hybridized carbons (Fsp3) is 0.154. The third kappa shape index (κ3) is 4.51. The molecule has 31 heavy (non-hydrogen) atoms. The van der Waals surface area contributed by atoms with Gasteiger partial charge in [0.1, 0.15) is 18.2 Å². The predicted octanol–water partition coefficient (Wildman–Crippen LogP) is 4.69. The number of nitrogens with zero attached hydrogens (tertiary/aromatic N) is 2. The van der Waals surface area contributed by atoms with Gasteiger partial charge in [0.25, 0.3) is 5.91 Å². The molecule has 0 aliphatic rings. The zero-order chi connectivity index (χ0) is 21.7. The Morgan fingerprint density at radius 1 is 0.935 bits per heavy atom. The summed E-state index contributed by atoms with van der Waals surface area (Å²) < 4.78 is 7.70.